The van der Waals surface area contributed by atoms with E-state index in [2.05, 4.69) is 17.5 Å². The first-order valence-corrected chi connectivity index (χ1v) is 10.6. The summed E-state index contributed by atoms with van der Waals surface area (Å²) in [5.41, 5.74) is 2.18. The van der Waals surface area contributed by atoms with Gasteiger partial charge in [-0.3, -0.25) is 0 Å². The van der Waals surface area contributed by atoms with Crippen LogP contribution in [0.25, 0.3) is 32.3 Å². The van der Waals surface area contributed by atoms with Gasteiger partial charge in [-0.25, -0.2) is 9.78 Å². The van der Waals surface area contributed by atoms with Gasteiger partial charge in [0, 0.05) is 28.5 Å². The van der Waals surface area contributed by atoms with Gasteiger partial charge in [-0.05, 0) is 37.9 Å². The first kappa shape index (κ1) is 19.4. The molecule has 5 aromatic rings. The van der Waals surface area contributed by atoms with Crippen molar-refractivity contribution < 1.29 is 9.15 Å². The Morgan fingerprint density at radius 3 is 2.65 bits per heavy atom. The summed E-state index contributed by atoms with van der Waals surface area (Å²) in [6.45, 7) is 0.595. The van der Waals surface area contributed by atoms with Gasteiger partial charge in [0.05, 0.1) is 11.9 Å². The second-order valence-electron chi connectivity index (χ2n) is 7.43. The molecule has 5 rings (SSSR count). The van der Waals surface area contributed by atoms with Gasteiger partial charge in [-0.15, -0.1) is 11.3 Å². The summed E-state index contributed by atoms with van der Waals surface area (Å²) in [7, 11) is 3.95. The summed E-state index contributed by atoms with van der Waals surface area (Å²) in [4.78, 5) is 24.0. The number of benzene rings is 2. The van der Waals surface area contributed by atoms with E-state index in [-0.39, 0.29) is 0 Å². The monoisotopic (exact) mass is 429 g/mol. The van der Waals surface area contributed by atoms with E-state index < -0.39 is 5.63 Å². The molecule has 0 N–H and O–H groups in total. The minimum absolute atomic E-state index is 0.397. The molecule has 6 nitrogen and oxygen atoms in total. The maximum absolute atomic E-state index is 11.6. The van der Waals surface area contributed by atoms with Gasteiger partial charge in [0.25, 0.3) is 0 Å². The van der Waals surface area contributed by atoms with Crippen molar-refractivity contribution in [3.63, 3.8) is 0 Å². The molecule has 154 valence electrons. The van der Waals surface area contributed by atoms with Crippen LogP contribution in [0.5, 0.6) is 11.6 Å². The second kappa shape index (κ2) is 7.94. The lowest BCUT2D eigenvalue weighted by molar-refractivity contribution is 0.385. The number of hydrogen-bond donors (Lipinski definition) is 0. The topological polar surface area (TPSA) is 68.5 Å². The van der Waals surface area contributed by atoms with Gasteiger partial charge >= 0.3 is 5.63 Å². The van der Waals surface area contributed by atoms with E-state index in [0.29, 0.717) is 29.6 Å². The van der Waals surface area contributed by atoms with Gasteiger partial charge < -0.3 is 14.1 Å². The minimum Gasteiger partial charge on any atom is -0.438 e. The Morgan fingerprint density at radius 2 is 1.84 bits per heavy atom. The molecule has 0 bridgehead atoms. The molecule has 0 saturated heterocycles. The van der Waals surface area contributed by atoms with Gasteiger partial charge in [0.1, 0.15) is 22.0 Å². The molecule has 0 radical (unpaired) electrons. The van der Waals surface area contributed by atoms with Crippen molar-refractivity contribution in [2.45, 2.75) is 6.54 Å². The molecule has 31 heavy (non-hydrogen) atoms. The molecule has 3 aromatic heterocycles. The van der Waals surface area contributed by atoms with E-state index in [0.717, 1.165) is 26.7 Å². The van der Waals surface area contributed by atoms with Crippen LogP contribution in [0.2, 0.25) is 0 Å². The van der Waals surface area contributed by atoms with Crippen molar-refractivity contribution >= 4 is 32.5 Å². The number of ether oxygens (including phenoxy) is 1. The Balaban J connectivity index is 1.66. The fourth-order valence-electron chi connectivity index (χ4n) is 3.43. The SMILES string of the molecule is CN(C)Cc1nc(Oc2ccc3ccc(=O)oc3c2)c2c(-c3ccccc3)csc2n1. The zero-order valence-electron chi connectivity index (χ0n) is 17.0. The number of thiophene rings is 1. The Labute approximate surface area is 182 Å². The van der Waals surface area contributed by atoms with Crippen molar-refractivity contribution in [3.05, 3.63) is 82.3 Å². The smallest absolute Gasteiger partial charge is 0.336 e. The highest BCUT2D eigenvalue weighted by Gasteiger charge is 2.18. The van der Waals surface area contributed by atoms with E-state index in [1.807, 2.05) is 49.3 Å². The van der Waals surface area contributed by atoms with Gasteiger partial charge in [-0.1, -0.05) is 30.3 Å². The highest BCUT2D eigenvalue weighted by atomic mass is 32.1. The lowest BCUT2D eigenvalue weighted by Crippen LogP contribution is -2.13. The van der Waals surface area contributed by atoms with Crippen LogP contribution in [0.1, 0.15) is 5.82 Å². The third-order valence-electron chi connectivity index (χ3n) is 4.80. The van der Waals surface area contributed by atoms with Crippen molar-refractivity contribution in [1.82, 2.24) is 14.9 Å². The molecule has 0 aliphatic heterocycles. The number of rotatable bonds is 5. The van der Waals surface area contributed by atoms with Crippen LogP contribution < -0.4 is 10.4 Å². The Kier molecular flexibility index (Phi) is 4.97. The van der Waals surface area contributed by atoms with Crippen molar-refractivity contribution in [2.24, 2.45) is 0 Å². The number of fused-ring (bicyclic) bond motifs is 2. The Hall–Kier alpha value is -3.55. The highest BCUT2D eigenvalue weighted by molar-refractivity contribution is 7.17. The van der Waals surface area contributed by atoms with Gasteiger partial charge in [0.15, 0.2) is 0 Å². The molecule has 3 heterocycles. The average Bonchev–Trinajstić information content (AvgIpc) is 3.18. The van der Waals surface area contributed by atoms with Crippen LogP contribution in [-0.4, -0.2) is 29.0 Å². The third-order valence-corrected chi connectivity index (χ3v) is 5.67. The van der Waals surface area contributed by atoms with Crippen molar-refractivity contribution in [2.75, 3.05) is 14.1 Å². The fraction of sp³-hybridized carbons (Fsp3) is 0.125. The van der Waals surface area contributed by atoms with Gasteiger partial charge in [0.2, 0.25) is 5.88 Å². The van der Waals surface area contributed by atoms with Gasteiger partial charge in [-0.2, -0.15) is 4.98 Å². The van der Waals surface area contributed by atoms with E-state index in [4.69, 9.17) is 19.1 Å². The summed E-state index contributed by atoms with van der Waals surface area (Å²) >= 11 is 1.57. The number of aromatic nitrogens is 2. The third kappa shape index (κ3) is 3.93. The summed E-state index contributed by atoms with van der Waals surface area (Å²) in [6.07, 6.45) is 0. The zero-order valence-corrected chi connectivity index (χ0v) is 17.8. The second-order valence-corrected chi connectivity index (χ2v) is 8.29. The normalized spacial score (nSPS) is 11.5. The Morgan fingerprint density at radius 1 is 1.03 bits per heavy atom. The lowest BCUT2D eigenvalue weighted by Gasteiger charge is -2.12. The summed E-state index contributed by atoms with van der Waals surface area (Å²) in [5.74, 6) is 1.71. The fourth-order valence-corrected chi connectivity index (χ4v) is 4.38. The van der Waals surface area contributed by atoms with E-state index in [1.165, 1.54) is 6.07 Å². The van der Waals surface area contributed by atoms with Crippen LogP contribution in [-0.2, 0) is 6.54 Å². The number of nitrogens with zero attached hydrogens (tertiary/aromatic N) is 3. The predicted octanol–water partition coefficient (Wildman–Crippen LogP) is 5.32. The molecular weight excluding hydrogens is 410 g/mol. The van der Waals surface area contributed by atoms with Crippen LogP contribution in [0, 0.1) is 0 Å². The van der Waals surface area contributed by atoms with Crippen molar-refractivity contribution in [1.29, 1.82) is 0 Å². The standard InChI is InChI=1S/C24H19N3O3S/c1-27(2)13-20-25-23(29-17-10-8-16-9-11-21(28)30-19(16)12-17)22-18(14-31-24(22)26-20)15-6-4-3-5-7-15/h3-12,14H,13H2,1-2H3. The van der Waals surface area contributed by atoms with E-state index in [1.54, 1.807) is 23.5 Å². The van der Waals surface area contributed by atoms with E-state index in [9.17, 15) is 4.79 Å². The highest BCUT2D eigenvalue weighted by Crippen LogP contribution is 2.39. The maximum Gasteiger partial charge on any atom is 0.336 e. The predicted molar refractivity (Wildman–Crippen MR) is 123 cm³/mol. The Bertz CT molecular complexity index is 1440. The molecular formula is C24H19N3O3S. The summed E-state index contributed by atoms with van der Waals surface area (Å²) < 4.78 is 11.6. The van der Waals surface area contributed by atoms with Crippen LogP contribution in [0.3, 0.4) is 0 Å². The summed E-state index contributed by atoms with van der Waals surface area (Å²) in [5, 5.41) is 3.78. The minimum atomic E-state index is -0.397. The van der Waals surface area contributed by atoms with E-state index >= 15 is 0 Å². The molecule has 0 saturated carbocycles. The maximum atomic E-state index is 11.6. The molecule has 2 aromatic carbocycles. The largest absolute Gasteiger partial charge is 0.438 e. The lowest BCUT2D eigenvalue weighted by atomic mass is 10.1. The quantitative estimate of drug-likeness (QED) is 0.352. The summed E-state index contributed by atoms with van der Waals surface area (Å²) in [6, 6.07) is 18.7. The molecule has 0 spiro atoms. The van der Waals surface area contributed by atoms with Crippen LogP contribution in [0.15, 0.2) is 75.3 Å². The molecule has 0 aliphatic rings. The molecule has 7 heteroatoms. The zero-order chi connectivity index (χ0) is 21.4. The van der Waals surface area contributed by atoms with Crippen LogP contribution in [0.4, 0.5) is 0 Å². The first-order chi connectivity index (χ1) is 15.1. The molecule has 0 fully saturated rings. The average molecular weight is 430 g/mol. The molecule has 0 unspecified atom stereocenters. The number of hydrogen-bond acceptors (Lipinski definition) is 7. The van der Waals surface area contributed by atoms with Crippen molar-refractivity contribution in [3.8, 4) is 22.8 Å². The molecule has 0 atom stereocenters. The molecule has 0 aliphatic carbocycles. The van der Waals surface area contributed by atoms with Crippen LogP contribution >= 0.6 is 11.3 Å². The first-order valence-electron chi connectivity index (χ1n) is 9.77. The molecule has 0 amide bonds.